The third-order valence-corrected chi connectivity index (χ3v) is 5.78. The van der Waals surface area contributed by atoms with Gasteiger partial charge in [0.2, 0.25) is 0 Å². The van der Waals surface area contributed by atoms with Crippen molar-refractivity contribution in [3.8, 4) is 0 Å². The molecule has 3 rings (SSSR count). The van der Waals surface area contributed by atoms with E-state index in [1.807, 2.05) is 0 Å². The highest BCUT2D eigenvalue weighted by Gasteiger charge is 2.40. The van der Waals surface area contributed by atoms with E-state index in [1.54, 1.807) is 0 Å². The first-order valence-corrected chi connectivity index (χ1v) is 8.06. The van der Waals surface area contributed by atoms with Gasteiger partial charge >= 0.3 is 0 Å². The first kappa shape index (κ1) is 12.9. The molecule has 0 saturated heterocycles. The molecule has 3 unspecified atom stereocenters. The second-order valence-electron chi connectivity index (χ2n) is 7.42. The smallest absolute Gasteiger partial charge is 0.0774 e. The summed E-state index contributed by atoms with van der Waals surface area (Å²) in [6.07, 6.45) is 11.7. The van der Waals surface area contributed by atoms with Crippen LogP contribution in [0.1, 0.15) is 57.8 Å². The minimum atomic E-state index is -0.370. The van der Waals surface area contributed by atoms with Gasteiger partial charge in [-0.3, -0.25) is 0 Å². The van der Waals surface area contributed by atoms with Crippen molar-refractivity contribution in [3.63, 3.8) is 0 Å². The van der Waals surface area contributed by atoms with Gasteiger partial charge in [-0.2, -0.15) is 0 Å². The van der Waals surface area contributed by atoms with E-state index in [1.165, 1.54) is 51.5 Å². The molecule has 0 amide bonds. The molecule has 0 heterocycles. The van der Waals surface area contributed by atoms with Gasteiger partial charge in [-0.25, -0.2) is 0 Å². The van der Waals surface area contributed by atoms with Crippen LogP contribution < -0.4 is 0 Å². The number of rotatable bonds is 4. The highest BCUT2D eigenvalue weighted by molar-refractivity contribution is 4.92. The summed E-state index contributed by atoms with van der Waals surface area (Å²) in [6, 6.07) is 0. The van der Waals surface area contributed by atoms with Crippen molar-refractivity contribution in [2.24, 2.45) is 17.8 Å². The second-order valence-corrected chi connectivity index (χ2v) is 7.42. The minimum absolute atomic E-state index is 0.370. The predicted molar refractivity (Wildman–Crippen MR) is 74.5 cm³/mol. The lowest BCUT2D eigenvalue weighted by Gasteiger charge is -2.37. The Kier molecular flexibility index (Phi) is 3.68. The number of hydrogen-bond acceptors (Lipinski definition) is 2. The zero-order valence-electron chi connectivity index (χ0n) is 11.9. The normalized spacial score (nSPS) is 38.5. The van der Waals surface area contributed by atoms with Crippen molar-refractivity contribution < 1.29 is 5.11 Å². The van der Waals surface area contributed by atoms with Gasteiger partial charge in [0.25, 0.3) is 0 Å². The molecule has 0 aromatic heterocycles. The predicted octanol–water partition coefficient (Wildman–Crippen LogP) is 3.05. The quantitative estimate of drug-likeness (QED) is 0.830. The van der Waals surface area contributed by atoms with E-state index in [2.05, 4.69) is 11.9 Å². The first-order chi connectivity index (χ1) is 8.65. The molecule has 18 heavy (non-hydrogen) atoms. The van der Waals surface area contributed by atoms with E-state index < -0.39 is 0 Å². The van der Waals surface area contributed by atoms with Crippen LogP contribution in [0.3, 0.4) is 0 Å². The number of nitrogens with zero attached hydrogens (tertiary/aromatic N) is 1. The van der Waals surface area contributed by atoms with Gasteiger partial charge < -0.3 is 10.0 Å². The summed E-state index contributed by atoms with van der Waals surface area (Å²) in [7, 11) is 2.22. The SMILES string of the molecule is CN(CC1CC2CCC1C2)CC1(O)CCCCC1. The molecule has 0 radical (unpaired) electrons. The van der Waals surface area contributed by atoms with Gasteiger partial charge in [0.05, 0.1) is 5.60 Å². The maximum absolute atomic E-state index is 10.6. The van der Waals surface area contributed by atoms with Crippen LogP contribution in [0, 0.1) is 17.8 Å². The summed E-state index contributed by atoms with van der Waals surface area (Å²) < 4.78 is 0. The number of fused-ring (bicyclic) bond motifs is 2. The van der Waals surface area contributed by atoms with Crippen LogP contribution in [0.4, 0.5) is 0 Å². The zero-order chi connectivity index (χ0) is 12.6. The van der Waals surface area contributed by atoms with Crippen molar-refractivity contribution in [2.75, 3.05) is 20.1 Å². The maximum Gasteiger partial charge on any atom is 0.0774 e. The van der Waals surface area contributed by atoms with E-state index in [9.17, 15) is 5.11 Å². The van der Waals surface area contributed by atoms with Crippen LogP contribution >= 0.6 is 0 Å². The average molecular weight is 251 g/mol. The Hall–Kier alpha value is -0.0800. The number of hydrogen-bond donors (Lipinski definition) is 1. The lowest BCUT2D eigenvalue weighted by Crippen LogP contribution is -2.44. The van der Waals surface area contributed by atoms with E-state index in [-0.39, 0.29) is 5.60 Å². The fourth-order valence-corrected chi connectivity index (χ4v) is 4.94. The average Bonchev–Trinajstić information content (AvgIpc) is 2.90. The van der Waals surface area contributed by atoms with Gasteiger partial charge in [-0.05, 0) is 56.9 Å². The molecule has 0 aromatic rings. The molecule has 0 aromatic carbocycles. The monoisotopic (exact) mass is 251 g/mol. The molecule has 104 valence electrons. The van der Waals surface area contributed by atoms with Crippen molar-refractivity contribution in [2.45, 2.75) is 63.4 Å². The highest BCUT2D eigenvalue weighted by Crippen LogP contribution is 2.48. The molecule has 2 nitrogen and oxygen atoms in total. The van der Waals surface area contributed by atoms with E-state index in [0.717, 1.165) is 37.1 Å². The largest absolute Gasteiger partial charge is 0.389 e. The second kappa shape index (κ2) is 5.13. The van der Waals surface area contributed by atoms with Crippen molar-refractivity contribution in [3.05, 3.63) is 0 Å². The topological polar surface area (TPSA) is 23.5 Å². The van der Waals surface area contributed by atoms with E-state index >= 15 is 0 Å². The summed E-state index contributed by atoms with van der Waals surface area (Å²) in [5, 5.41) is 10.6. The van der Waals surface area contributed by atoms with Gasteiger partial charge in [0.15, 0.2) is 0 Å². The molecule has 3 aliphatic rings. The third kappa shape index (κ3) is 2.75. The lowest BCUT2D eigenvalue weighted by atomic mass is 9.84. The molecule has 0 aliphatic heterocycles. The highest BCUT2D eigenvalue weighted by atomic mass is 16.3. The van der Waals surface area contributed by atoms with Crippen LogP contribution in [0.25, 0.3) is 0 Å². The van der Waals surface area contributed by atoms with Crippen LogP contribution in [-0.4, -0.2) is 35.7 Å². The zero-order valence-corrected chi connectivity index (χ0v) is 11.9. The fraction of sp³-hybridized carbons (Fsp3) is 1.00. The molecule has 3 saturated carbocycles. The Balaban J connectivity index is 1.48. The van der Waals surface area contributed by atoms with Crippen molar-refractivity contribution in [1.29, 1.82) is 0 Å². The Morgan fingerprint density at radius 3 is 2.50 bits per heavy atom. The molecule has 0 spiro atoms. The number of aliphatic hydroxyl groups is 1. The van der Waals surface area contributed by atoms with E-state index in [0.29, 0.717) is 0 Å². The Morgan fingerprint density at radius 2 is 1.89 bits per heavy atom. The van der Waals surface area contributed by atoms with Gasteiger partial charge in [0.1, 0.15) is 0 Å². The third-order valence-electron chi connectivity index (χ3n) is 5.78. The summed E-state index contributed by atoms with van der Waals surface area (Å²) in [5.41, 5.74) is -0.370. The number of likely N-dealkylation sites (N-methyl/N-ethyl adjacent to an activating group) is 1. The summed E-state index contributed by atoms with van der Waals surface area (Å²) in [5.74, 6) is 2.99. The molecular weight excluding hydrogens is 222 g/mol. The van der Waals surface area contributed by atoms with Gasteiger partial charge in [-0.15, -0.1) is 0 Å². The molecule has 3 atom stereocenters. The van der Waals surface area contributed by atoms with Crippen LogP contribution in [0.5, 0.6) is 0 Å². The Labute approximate surface area is 112 Å². The molecule has 1 N–H and O–H groups in total. The van der Waals surface area contributed by atoms with Gasteiger partial charge in [-0.1, -0.05) is 25.7 Å². The van der Waals surface area contributed by atoms with Crippen LogP contribution in [0.15, 0.2) is 0 Å². The Morgan fingerprint density at radius 1 is 1.11 bits per heavy atom. The van der Waals surface area contributed by atoms with Crippen LogP contribution in [0.2, 0.25) is 0 Å². The standard InChI is InChI=1S/C16H29NO/c1-17(12-16(18)7-3-2-4-8-16)11-15-10-13-5-6-14(15)9-13/h13-15,18H,2-12H2,1H3. The summed E-state index contributed by atoms with van der Waals surface area (Å²) in [4.78, 5) is 2.43. The van der Waals surface area contributed by atoms with Crippen LogP contribution in [-0.2, 0) is 0 Å². The fourth-order valence-electron chi connectivity index (χ4n) is 4.94. The molecule has 2 heteroatoms. The maximum atomic E-state index is 10.6. The molecule has 2 bridgehead atoms. The Bertz CT molecular complexity index is 285. The lowest BCUT2D eigenvalue weighted by molar-refractivity contribution is -0.0246. The van der Waals surface area contributed by atoms with E-state index in [4.69, 9.17) is 0 Å². The van der Waals surface area contributed by atoms with Gasteiger partial charge in [0, 0.05) is 13.1 Å². The summed E-state index contributed by atoms with van der Waals surface area (Å²) >= 11 is 0. The first-order valence-electron chi connectivity index (χ1n) is 8.06. The molecular formula is C16H29NO. The van der Waals surface area contributed by atoms with Crippen molar-refractivity contribution in [1.82, 2.24) is 4.90 Å². The molecule has 3 fully saturated rings. The molecule has 3 aliphatic carbocycles. The van der Waals surface area contributed by atoms with Crippen molar-refractivity contribution >= 4 is 0 Å². The minimum Gasteiger partial charge on any atom is -0.389 e. The summed E-state index contributed by atoms with van der Waals surface area (Å²) in [6.45, 7) is 2.13.